The molecule has 31 heavy (non-hydrogen) atoms. The summed E-state index contributed by atoms with van der Waals surface area (Å²) >= 11 is 9.26. The number of methoxy groups -OCH3 is 2. The molecule has 0 spiro atoms. The average Bonchev–Trinajstić information content (AvgIpc) is 3.30. The number of benzene rings is 2. The summed E-state index contributed by atoms with van der Waals surface area (Å²) in [7, 11) is 3.19. The number of rotatable bonds is 7. The van der Waals surface area contributed by atoms with Crippen LogP contribution in [0, 0.1) is 0 Å². The Morgan fingerprint density at radius 2 is 1.84 bits per heavy atom. The van der Waals surface area contributed by atoms with E-state index in [0.717, 1.165) is 20.3 Å². The van der Waals surface area contributed by atoms with Gasteiger partial charge in [-0.25, -0.2) is 0 Å². The van der Waals surface area contributed by atoms with Crippen LogP contribution in [0.3, 0.4) is 0 Å². The van der Waals surface area contributed by atoms with Crippen LogP contribution in [0.5, 0.6) is 11.5 Å². The molecule has 0 N–H and O–H groups in total. The molecule has 2 aromatic carbocycles. The molecular formula is C22H21ClN2O4S2. The first-order valence-corrected chi connectivity index (χ1v) is 11.7. The molecule has 0 aliphatic heterocycles. The van der Waals surface area contributed by atoms with Crippen molar-refractivity contribution in [2.75, 3.05) is 27.4 Å². The Bertz CT molecular complexity index is 1320. The Balaban J connectivity index is 1.85. The summed E-state index contributed by atoms with van der Waals surface area (Å²) in [5.74, 6) is 0.879. The summed E-state index contributed by atoms with van der Waals surface area (Å²) in [5, 5.41) is 1.31. The third kappa shape index (κ3) is 4.21. The minimum absolute atomic E-state index is 0.359. The van der Waals surface area contributed by atoms with Gasteiger partial charge in [0.05, 0.1) is 36.1 Å². The first-order chi connectivity index (χ1) is 15.1. The summed E-state index contributed by atoms with van der Waals surface area (Å²) in [6.07, 6.45) is 0. The molecule has 0 atom stereocenters. The Morgan fingerprint density at radius 1 is 1.10 bits per heavy atom. The van der Waals surface area contributed by atoms with Crippen molar-refractivity contribution in [1.82, 2.24) is 4.57 Å². The third-order valence-corrected chi connectivity index (χ3v) is 7.48. The molecule has 0 saturated heterocycles. The quantitative estimate of drug-likeness (QED) is 0.336. The Morgan fingerprint density at radius 3 is 2.55 bits per heavy atom. The number of halogens is 1. The maximum atomic E-state index is 13.1. The lowest BCUT2D eigenvalue weighted by Crippen LogP contribution is -2.19. The molecule has 2 heterocycles. The number of amides is 1. The molecule has 4 aromatic rings. The lowest BCUT2D eigenvalue weighted by atomic mass is 10.2. The smallest absolute Gasteiger partial charge is 0.291 e. The van der Waals surface area contributed by atoms with E-state index in [1.165, 1.54) is 22.7 Å². The molecule has 0 unspecified atom stereocenters. The highest BCUT2D eigenvalue weighted by molar-refractivity contribution is 7.21. The molecule has 9 heteroatoms. The van der Waals surface area contributed by atoms with Gasteiger partial charge in [-0.3, -0.25) is 4.79 Å². The highest BCUT2D eigenvalue weighted by atomic mass is 35.5. The van der Waals surface area contributed by atoms with E-state index in [0.29, 0.717) is 46.0 Å². The van der Waals surface area contributed by atoms with E-state index in [1.54, 1.807) is 14.2 Å². The standard InChI is InChI=1S/C22H21ClN2O4S2/c1-4-29-10-9-25-14-11-15(27-2)16(28-3)12-18(14)31-22(25)24-21(26)20-19(23)13-7-5-6-8-17(13)30-20/h5-8,11-12H,4,9-10H2,1-3H3. The number of thiazole rings is 1. The number of thiophene rings is 1. The number of carbonyl (C=O) groups excluding carboxylic acids is 1. The van der Waals surface area contributed by atoms with Gasteiger partial charge in [-0.2, -0.15) is 4.99 Å². The van der Waals surface area contributed by atoms with E-state index in [2.05, 4.69) is 4.99 Å². The monoisotopic (exact) mass is 476 g/mol. The summed E-state index contributed by atoms with van der Waals surface area (Å²) in [5.41, 5.74) is 0.899. The van der Waals surface area contributed by atoms with Crippen LogP contribution in [0.4, 0.5) is 0 Å². The van der Waals surface area contributed by atoms with Crippen LogP contribution < -0.4 is 14.3 Å². The van der Waals surface area contributed by atoms with Gasteiger partial charge < -0.3 is 18.8 Å². The van der Waals surface area contributed by atoms with Crippen molar-refractivity contribution < 1.29 is 19.0 Å². The van der Waals surface area contributed by atoms with E-state index in [1.807, 2.05) is 47.9 Å². The number of nitrogens with zero attached hydrogens (tertiary/aromatic N) is 2. The van der Waals surface area contributed by atoms with Crippen LogP contribution in [0.1, 0.15) is 16.6 Å². The zero-order valence-corrected chi connectivity index (χ0v) is 19.7. The lowest BCUT2D eigenvalue weighted by molar-refractivity contribution is 0.100. The number of fused-ring (bicyclic) bond motifs is 2. The minimum Gasteiger partial charge on any atom is -0.493 e. The second-order valence-electron chi connectivity index (χ2n) is 6.57. The van der Waals surface area contributed by atoms with Gasteiger partial charge >= 0.3 is 0 Å². The van der Waals surface area contributed by atoms with E-state index in [4.69, 9.17) is 25.8 Å². The van der Waals surface area contributed by atoms with Crippen molar-refractivity contribution in [2.45, 2.75) is 13.5 Å². The van der Waals surface area contributed by atoms with Crippen LogP contribution >= 0.6 is 34.3 Å². The second kappa shape index (κ2) is 9.40. The highest BCUT2D eigenvalue weighted by Gasteiger charge is 2.18. The van der Waals surface area contributed by atoms with Crippen molar-refractivity contribution >= 4 is 60.5 Å². The highest BCUT2D eigenvalue weighted by Crippen LogP contribution is 2.36. The van der Waals surface area contributed by atoms with Crippen LogP contribution in [-0.4, -0.2) is 37.9 Å². The SMILES string of the molecule is CCOCCn1c(=NC(=O)c2sc3ccccc3c2Cl)sc2cc(OC)c(OC)cc21. The summed E-state index contributed by atoms with van der Waals surface area (Å²) in [6.45, 7) is 3.61. The molecule has 0 saturated carbocycles. The van der Waals surface area contributed by atoms with Gasteiger partial charge in [0.2, 0.25) is 0 Å². The summed E-state index contributed by atoms with van der Waals surface area (Å²) in [6, 6.07) is 11.5. The molecule has 0 aliphatic rings. The van der Waals surface area contributed by atoms with Crippen LogP contribution in [0.2, 0.25) is 5.02 Å². The fraction of sp³-hybridized carbons (Fsp3) is 0.273. The molecule has 0 fully saturated rings. The first kappa shape index (κ1) is 21.8. The molecule has 0 bridgehead atoms. The van der Waals surface area contributed by atoms with Crippen molar-refractivity contribution in [1.29, 1.82) is 0 Å². The van der Waals surface area contributed by atoms with Gasteiger partial charge in [0.1, 0.15) is 4.88 Å². The normalized spacial score (nSPS) is 12.1. The fourth-order valence-corrected chi connectivity index (χ4v) is 5.75. The first-order valence-electron chi connectivity index (χ1n) is 9.66. The predicted octanol–water partition coefficient (Wildman–Crippen LogP) is 5.37. The predicted molar refractivity (Wildman–Crippen MR) is 126 cm³/mol. The van der Waals surface area contributed by atoms with E-state index >= 15 is 0 Å². The third-order valence-electron chi connectivity index (χ3n) is 4.78. The average molecular weight is 477 g/mol. The summed E-state index contributed by atoms with van der Waals surface area (Å²) in [4.78, 5) is 18.5. The molecular weight excluding hydrogens is 456 g/mol. The number of aromatic nitrogens is 1. The number of ether oxygens (including phenoxy) is 3. The zero-order valence-electron chi connectivity index (χ0n) is 17.3. The molecule has 162 valence electrons. The van der Waals surface area contributed by atoms with Crippen LogP contribution in [0.15, 0.2) is 41.4 Å². The Labute approximate surface area is 192 Å². The van der Waals surface area contributed by atoms with E-state index in [-0.39, 0.29) is 5.91 Å². The Hall–Kier alpha value is -2.39. The molecule has 6 nitrogen and oxygen atoms in total. The van der Waals surface area contributed by atoms with Gasteiger partial charge in [-0.1, -0.05) is 41.1 Å². The van der Waals surface area contributed by atoms with Crippen molar-refractivity contribution in [3.05, 3.63) is 51.1 Å². The van der Waals surface area contributed by atoms with Crippen molar-refractivity contribution in [3.63, 3.8) is 0 Å². The van der Waals surface area contributed by atoms with Gasteiger partial charge in [-0.05, 0) is 13.0 Å². The minimum atomic E-state index is -0.359. The number of hydrogen-bond donors (Lipinski definition) is 0. The topological polar surface area (TPSA) is 62.1 Å². The van der Waals surface area contributed by atoms with Crippen LogP contribution in [0.25, 0.3) is 20.3 Å². The molecule has 0 radical (unpaired) electrons. The maximum Gasteiger partial charge on any atom is 0.291 e. The summed E-state index contributed by atoms with van der Waals surface area (Å²) < 4.78 is 20.3. The number of hydrogen-bond acceptors (Lipinski definition) is 6. The largest absolute Gasteiger partial charge is 0.493 e. The van der Waals surface area contributed by atoms with Gasteiger partial charge in [0.15, 0.2) is 16.3 Å². The molecule has 4 rings (SSSR count). The fourth-order valence-electron chi connectivity index (χ4n) is 3.29. The molecule has 1 amide bonds. The van der Waals surface area contributed by atoms with Gasteiger partial charge in [0.25, 0.3) is 5.91 Å². The number of carbonyl (C=O) groups is 1. The van der Waals surface area contributed by atoms with Gasteiger partial charge in [0, 0.05) is 35.4 Å². The van der Waals surface area contributed by atoms with Gasteiger partial charge in [-0.15, -0.1) is 11.3 Å². The zero-order chi connectivity index (χ0) is 22.0. The molecule has 2 aromatic heterocycles. The van der Waals surface area contributed by atoms with E-state index in [9.17, 15) is 4.79 Å². The van der Waals surface area contributed by atoms with Crippen LogP contribution in [-0.2, 0) is 11.3 Å². The second-order valence-corrected chi connectivity index (χ2v) is 9.01. The van der Waals surface area contributed by atoms with E-state index < -0.39 is 0 Å². The lowest BCUT2D eigenvalue weighted by Gasteiger charge is -2.09. The van der Waals surface area contributed by atoms with Crippen molar-refractivity contribution in [3.8, 4) is 11.5 Å². The maximum absolute atomic E-state index is 13.1. The van der Waals surface area contributed by atoms with Crippen molar-refractivity contribution in [2.24, 2.45) is 4.99 Å². The molecule has 0 aliphatic carbocycles. The Kier molecular flexibility index (Phi) is 6.62.